The van der Waals surface area contributed by atoms with Gasteiger partial charge in [-0.1, -0.05) is 44.9 Å². The van der Waals surface area contributed by atoms with Gasteiger partial charge in [0.15, 0.2) is 0 Å². The van der Waals surface area contributed by atoms with Crippen LogP contribution in [0.5, 0.6) is 0 Å². The van der Waals surface area contributed by atoms with Crippen LogP contribution in [0.3, 0.4) is 0 Å². The van der Waals surface area contributed by atoms with Crippen LogP contribution in [0.1, 0.15) is 51.4 Å². The van der Waals surface area contributed by atoms with Crippen molar-refractivity contribution in [1.29, 1.82) is 0 Å². The fourth-order valence-corrected chi connectivity index (χ4v) is 4.14. The molecule has 2 rings (SSSR count). The second-order valence-corrected chi connectivity index (χ2v) is 7.00. The highest BCUT2D eigenvalue weighted by molar-refractivity contribution is 4.94. The van der Waals surface area contributed by atoms with Crippen molar-refractivity contribution in [2.24, 2.45) is 5.92 Å². The fourth-order valence-electron chi connectivity index (χ4n) is 4.14. The molecule has 0 spiro atoms. The van der Waals surface area contributed by atoms with Crippen molar-refractivity contribution in [3.8, 4) is 0 Å². The Hall–Kier alpha value is -0.200. The molecule has 1 saturated carbocycles. The maximum atomic E-state index is 10.2. The third-order valence-corrected chi connectivity index (χ3v) is 5.49. The Bertz CT molecular complexity index is 309. The lowest BCUT2D eigenvalue weighted by Crippen LogP contribution is -2.63. The molecule has 130 valence electrons. The van der Waals surface area contributed by atoms with Gasteiger partial charge < -0.3 is 20.1 Å². The Morgan fingerprint density at radius 1 is 1.09 bits per heavy atom. The van der Waals surface area contributed by atoms with Crippen molar-refractivity contribution in [3.63, 3.8) is 0 Å². The lowest BCUT2D eigenvalue weighted by Gasteiger charge is -2.44. The third-order valence-electron chi connectivity index (χ3n) is 5.49. The lowest BCUT2D eigenvalue weighted by molar-refractivity contribution is -0.157. The van der Waals surface area contributed by atoms with Gasteiger partial charge in [-0.3, -0.25) is 4.90 Å². The van der Waals surface area contributed by atoms with Crippen LogP contribution in [0.25, 0.3) is 0 Å². The number of β-amino-alcohol motifs (C(OH)–C–C–N with tert-alkyl or cyclic N) is 1. The summed E-state index contributed by atoms with van der Waals surface area (Å²) in [6, 6.07) is -0.330. The van der Waals surface area contributed by atoms with Crippen LogP contribution in [-0.4, -0.2) is 71.4 Å². The van der Waals surface area contributed by atoms with Crippen molar-refractivity contribution in [2.75, 3.05) is 26.8 Å². The molecule has 5 heteroatoms. The van der Waals surface area contributed by atoms with Gasteiger partial charge >= 0.3 is 0 Å². The minimum absolute atomic E-state index is 0.101. The Labute approximate surface area is 134 Å². The summed E-state index contributed by atoms with van der Waals surface area (Å²) in [6.45, 7) is 1.18. The summed E-state index contributed by atoms with van der Waals surface area (Å²) in [5.74, 6) is 0.950. The number of hydrogen-bond acceptors (Lipinski definition) is 5. The largest absolute Gasteiger partial charge is 0.395 e. The van der Waals surface area contributed by atoms with Crippen LogP contribution < -0.4 is 0 Å². The third kappa shape index (κ3) is 4.65. The van der Waals surface area contributed by atoms with Gasteiger partial charge in [0.25, 0.3) is 0 Å². The smallest absolute Gasteiger partial charge is 0.112 e. The predicted octanol–water partition coefficient (Wildman–Crippen LogP) is 1.15. The highest BCUT2D eigenvalue weighted by Gasteiger charge is 2.41. The molecule has 2 aliphatic rings. The molecular weight excluding hydrogens is 282 g/mol. The quantitative estimate of drug-likeness (QED) is 0.586. The zero-order valence-electron chi connectivity index (χ0n) is 13.9. The van der Waals surface area contributed by atoms with Crippen molar-refractivity contribution < 1.29 is 20.1 Å². The molecule has 0 amide bonds. The fraction of sp³-hybridized carbons (Fsp3) is 1.00. The molecule has 0 aromatic heterocycles. The average Bonchev–Trinajstić information content (AvgIpc) is 3.00. The first-order valence-corrected chi connectivity index (χ1v) is 8.91. The summed E-state index contributed by atoms with van der Waals surface area (Å²) in [5, 5.41) is 29.8. The first-order chi connectivity index (χ1) is 10.7. The molecular formula is C17H33NO4. The molecule has 0 aromatic carbocycles. The minimum Gasteiger partial charge on any atom is -0.395 e. The second kappa shape index (κ2) is 9.18. The van der Waals surface area contributed by atoms with Crippen LogP contribution >= 0.6 is 0 Å². The van der Waals surface area contributed by atoms with Gasteiger partial charge in [0.05, 0.1) is 18.8 Å². The van der Waals surface area contributed by atoms with Crippen molar-refractivity contribution in [3.05, 3.63) is 0 Å². The van der Waals surface area contributed by atoms with Gasteiger partial charge in [-0.05, 0) is 18.9 Å². The van der Waals surface area contributed by atoms with E-state index in [1.54, 1.807) is 0 Å². The van der Waals surface area contributed by atoms with E-state index >= 15 is 0 Å². The van der Waals surface area contributed by atoms with Crippen LogP contribution in [0.4, 0.5) is 0 Å². The Balaban J connectivity index is 1.69. The number of nitrogens with zero attached hydrogens (tertiary/aromatic N) is 1. The van der Waals surface area contributed by atoms with Gasteiger partial charge in [-0.2, -0.15) is 0 Å². The summed E-state index contributed by atoms with van der Waals surface area (Å²) >= 11 is 0. The average molecular weight is 315 g/mol. The maximum absolute atomic E-state index is 10.2. The van der Waals surface area contributed by atoms with Crippen LogP contribution in [0.2, 0.25) is 0 Å². The van der Waals surface area contributed by atoms with Gasteiger partial charge in [-0.25, -0.2) is 0 Å². The number of aliphatic hydroxyl groups excluding tert-OH is 3. The van der Waals surface area contributed by atoms with Crippen molar-refractivity contribution >= 4 is 0 Å². The number of ether oxygens (including phenoxy) is 1. The molecule has 1 unspecified atom stereocenters. The molecule has 1 saturated heterocycles. The Kier molecular flexibility index (Phi) is 7.57. The summed E-state index contributed by atoms with van der Waals surface area (Å²) in [6.07, 6.45) is 8.37. The number of aliphatic hydroxyl groups is 3. The van der Waals surface area contributed by atoms with Crippen molar-refractivity contribution in [1.82, 2.24) is 4.90 Å². The minimum atomic E-state index is -0.836. The van der Waals surface area contributed by atoms with E-state index in [0.717, 1.165) is 18.9 Å². The molecule has 4 atom stereocenters. The molecule has 22 heavy (non-hydrogen) atoms. The zero-order valence-corrected chi connectivity index (χ0v) is 13.9. The SMILES string of the molecule is CO[C@H]1[C@H](O)C(CO)N(CCCCCC2CCCC2)C[C@@H]1O. The van der Waals surface area contributed by atoms with Gasteiger partial charge in [0.1, 0.15) is 12.2 Å². The second-order valence-electron chi connectivity index (χ2n) is 7.00. The number of rotatable bonds is 8. The van der Waals surface area contributed by atoms with Crippen LogP contribution in [0.15, 0.2) is 0 Å². The van der Waals surface area contributed by atoms with E-state index in [9.17, 15) is 15.3 Å². The highest BCUT2D eigenvalue weighted by Crippen LogP contribution is 2.29. The van der Waals surface area contributed by atoms with E-state index in [4.69, 9.17) is 4.74 Å². The van der Waals surface area contributed by atoms with E-state index < -0.39 is 18.3 Å². The van der Waals surface area contributed by atoms with Crippen LogP contribution in [0, 0.1) is 5.92 Å². The molecule has 5 nitrogen and oxygen atoms in total. The predicted molar refractivity (Wildman–Crippen MR) is 85.7 cm³/mol. The van der Waals surface area contributed by atoms with E-state index in [-0.39, 0.29) is 12.6 Å². The summed E-state index contributed by atoms with van der Waals surface area (Å²) in [5.41, 5.74) is 0. The molecule has 3 N–H and O–H groups in total. The normalized spacial score (nSPS) is 34.4. The summed E-state index contributed by atoms with van der Waals surface area (Å²) in [7, 11) is 1.49. The molecule has 2 fully saturated rings. The van der Waals surface area contributed by atoms with E-state index in [0.29, 0.717) is 6.54 Å². The van der Waals surface area contributed by atoms with E-state index in [1.165, 1.54) is 52.1 Å². The van der Waals surface area contributed by atoms with E-state index in [1.807, 2.05) is 4.90 Å². The van der Waals surface area contributed by atoms with Gasteiger partial charge in [-0.15, -0.1) is 0 Å². The number of likely N-dealkylation sites (tertiary alicyclic amines) is 1. The Morgan fingerprint density at radius 2 is 1.82 bits per heavy atom. The Morgan fingerprint density at radius 3 is 2.45 bits per heavy atom. The monoisotopic (exact) mass is 315 g/mol. The number of methoxy groups -OCH3 is 1. The molecule has 1 aliphatic heterocycles. The molecule has 1 heterocycles. The topological polar surface area (TPSA) is 73.2 Å². The summed E-state index contributed by atoms with van der Waals surface area (Å²) in [4.78, 5) is 2.01. The number of piperidine rings is 1. The molecule has 1 aliphatic carbocycles. The number of hydrogen-bond donors (Lipinski definition) is 3. The highest BCUT2D eigenvalue weighted by atomic mass is 16.5. The zero-order chi connectivity index (χ0) is 15.9. The number of unbranched alkanes of at least 4 members (excludes halogenated alkanes) is 2. The van der Waals surface area contributed by atoms with Gasteiger partial charge in [0.2, 0.25) is 0 Å². The lowest BCUT2D eigenvalue weighted by atomic mass is 9.93. The summed E-state index contributed by atoms with van der Waals surface area (Å²) < 4.78 is 5.16. The first kappa shape index (κ1) is 18.1. The maximum Gasteiger partial charge on any atom is 0.112 e. The standard InChI is InChI=1S/C17H33NO4/c1-22-17-15(20)11-18(14(12-19)16(17)21)10-6-2-3-7-13-8-4-5-9-13/h13-17,19-21H,2-12H2,1H3/t14?,15-,16+,17+/m0/s1. The first-order valence-electron chi connectivity index (χ1n) is 8.91. The van der Waals surface area contributed by atoms with Crippen molar-refractivity contribution in [2.45, 2.75) is 75.7 Å². The molecule has 0 bridgehead atoms. The van der Waals surface area contributed by atoms with E-state index in [2.05, 4.69) is 0 Å². The van der Waals surface area contributed by atoms with Gasteiger partial charge in [0, 0.05) is 13.7 Å². The van der Waals surface area contributed by atoms with Crippen LogP contribution in [-0.2, 0) is 4.74 Å². The molecule has 0 aromatic rings. The molecule has 0 radical (unpaired) electrons.